The van der Waals surface area contributed by atoms with Crippen LogP contribution in [0.2, 0.25) is 0 Å². The zero-order valence-corrected chi connectivity index (χ0v) is 15.8. The Kier molecular flexibility index (Phi) is 5.17. The molecule has 3 aromatic heterocycles. The first kappa shape index (κ1) is 17.1. The first-order valence-corrected chi connectivity index (χ1v) is 10.1. The third-order valence-electron chi connectivity index (χ3n) is 3.92. The highest BCUT2D eigenvalue weighted by molar-refractivity contribution is 7.98. The molecule has 7 heteroatoms. The number of aromatic nitrogens is 3. The Balaban J connectivity index is 1.34. The molecule has 0 aliphatic carbocycles. The molecule has 0 amide bonds. The van der Waals surface area contributed by atoms with E-state index in [4.69, 9.17) is 8.83 Å². The summed E-state index contributed by atoms with van der Waals surface area (Å²) in [5.41, 5.74) is 2.12. The Bertz CT molecular complexity index is 948. The summed E-state index contributed by atoms with van der Waals surface area (Å²) in [6.45, 7) is 2.16. The molecule has 0 fully saturated rings. The van der Waals surface area contributed by atoms with Gasteiger partial charge in [0.25, 0.3) is 5.22 Å². The number of hydrogen-bond acceptors (Lipinski definition) is 7. The van der Waals surface area contributed by atoms with Crippen molar-refractivity contribution in [3.05, 3.63) is 71.3 Å². The van der Waals surface area contributed by atoms with E-state index >= 15 is 0 Å². The van der Waals surface area contributed by atoms with Crippen molar-refractivity contribution < 1.29 is 8.83 Å². The van der Waals surface area contributed by atoms with Crippen LogP contribution >= 0.6 is 23.1 Å². The second kappa shape index (κ2) is 7.88. The van der Waals surface area contributed by atoms with Crippen molar-refractivity contribution in [2.75, 3.05) is 0 Å². The molecular weight excluding hydrogens is 366 g/mol. The van der Waals surface area contributed by atoms with Gasteiger partial charge in [-0.3, -0.25) is 0 Å². The average molecular weight is 383 g/mol. The Labute approximate surface area is 159 Å². The smallest absolute Gasteiger partial charge is 0.276 e. The van der Waals surface area contributed by atoms with Crippen molar-refractivity contribution in [2.24, 2.45) is 0 Å². The first-order chi connectivity index (χ1) is 12.8. The highest BCUT2D eigenvalue weighted by atomic mass is 32.2. The van der Waals surface area contributed by atoms with E-state index in [1.54, 1.807) is 17.6 Å². The molecule has 1 atom stereocenters. The van der Waals surface area contributed by atoms with Gasteiger partial charge in [0.2, 0.25) is 11.8 Å². The van der Waals surface area contributed by atoms with Crippen LogP contribution in [0.1, 0.15) is 30.0 Å². The second-order valence-electron chi connectivity index (χ2n) is 5.89. The lowest BCUT2D eigenvalue weighted by Gasteiger charge is -2.08. The minimum atomic E-state index is 0.332. The lowest BCUT2D eigenvalue weighted by molar-refractivity contribution is 0.404. The van der Waals surface area contributed by atoms with Crippen LogP contribution in [0.4, 0.5) is 0 Å². The van der Waals surface area contributed by atoms with Gasteiger partial charge in [-0.05, 0) is 22.9 Å². The summed E-state index contributed by atoms with van der Waals surface area (Å²) in [5.74, 6) is 2.27. The molecule has 0 aliphatic heterocycles. The average Bonchev–Trinajstić information content (AvgIpc) is 3.42. The lowest BCUT2D eigenvalue weighted by atomic mass is 9.98. The molecule has 1 aromatic carbocycles. The molecule has 0 bridgehead atoms. The monoisotopic (exact) mass is 383 g/mol. The van der Waals surface area contributed by atoms with E-state index < -0.39 is 0 Å². The third kappa shape index (κ3) is 4.05. The van der Waals surface area contributed by atoms with Crippen molar-refractivity contribution >= 4 is 23.1 Å². The molecule has 4 aromatic rings. The second-order valence-corrected chi connectivity index (χ2v) is 7.76. The van der Waals surface area contributed by atoms with Gasteiger partial charge < -0.3 is 8.83 Å². The van der Waals surface area contributed by atoms with Crippen molar-refractivity contribution in [1.29, 1.82) is 0 Å². The minimum absolute atomic E-state index is 0.332. The van der Waals surface area contributed by atoms with Gasteiger partial charge >= 0.3 is 0 Å². The molecule has 0 saturated carbocycles. The standard InChI is InChI=1S/C19H17N3O2S2/c1-13(14-6-3-2-4-7-14)10-17-21-22-19(24-17)26-12-15-11-23-18(20-15)16-8-5-9-25-16/h2-9,11,13H,10,12H2,1H3. The molecule has 26 heavy (non-hydrogen) atoms. The Hall–Kier alpha value is -2.38. The molecule has 0 N–H and O–H groups in total. The van der Waals surface area contributed by atoms with Gasteiger partial charge in [-0.1, -0.05) is 55.1 Å². The van der Waals surface area contributed by atoms with Gasteiger partial charge in [0.15, 0.2) is 0 Å². The zero-order chi connectivity index (χ0) is 17.8. The van der Waals surface area contributed by atoms with Gasteiger partial charge in [-0.2, -0.15) is 0 Å². The first-order valence-electron chi connectivity index (χ1n) is 8.26. The van der Waals surface area contributed by atoms with Gasteiger partial charge in [0, 0.05) is 12.2 Å². The summed E-state index contributed by atoms with van der Waals surface area (Å²) in [4.78, 5) is 5.52. The highest BCUT2D eigenvalue weighted by Gasteiger charge is 2.14. The zero-order valence-electron chi connectivity index (χ0n) is 14.2. The fraction of sp³-hybridized carbons (Fsp3) is 0.211. The van der Waals surface area contributed by atoms with E-state index in [0.717, 1.165) is 17.0 Å². The maximum atomic E-state index is 5.76. The van der Waals surface area contributed by atoms with Gasteiger partial charge in [0.1, 0.15) is 6.26 Å². The highest BCUT2D eigenvalue weighted by Crippen LogP contribution is 2.27. The minimum Gasteiger partial charge on any atom is -0.444 e. The maximum Gasteiger partial charge on any atom is 0.276 e. The van der Waals surface area contributed by atoms with Crippen LogP contribution in [0.5, 0.6) is 0 Å². The molecule has 5 nitrogen and oxygen atoms in total. The van der Waals surface area contributed by atoms with Gasteiger partial charge in [-0.15, -0.1) is 21.5 Å². The molecule has 0 radical (unpaired) electrons. The molecule has 132 valence electrons. The number of nitrogens with zero attached hydrogens (tertiary/aromatic N) is 3. The van der Waals surface area contributed by atoms with Crippen LogP contribution in [0.15, 0.2) is 68.2 Å². The van der Waals surface area contributed by atoms with Crippen LogP contribution < -0.4 is 0 Å². The Morgan fingerprint density at radius 3 is 2.81 bits per heavy atom. The summed E-state index contributed by atoms with van der Waals surface area (Å²) in [6, 6.07) is 14.3. The predicted octanol–water partition coefficient (Wildman–Crippen LogP) is 5.42. The summed E-state index contributed by atoms with van der Waals surface area (Å²) < 4.78 is 11.3. The third-order valence-corrected chi connectivity index (χ3v) is 5.63. The topological polar surface area (TPSA) is 65.0 Å². The molecule has 0 saturated heterocycles. The summed E-state index contributed by atoms with van der Waals surface area (Å²) in [7, 11) is 0. The molecule has 1 unspecified atom stereocenters. The molecule has 0 spiro atoms. The van der Waals surface area contributed by atoms with Crippen molar-refractivity contribution in [1.82, 2.24) is 15.2 Å². The number of thiophene rings is 1. The number of rotatable bonds is 7. The fourth-order valence-corrected chi connectivity index (χ4v) is 3.88. The maximum absolute atomic E-state index is 5.76. The summed E-state index contributed by atoms with van der Waals surface area (Å²) >= 11 is 3.08. The van der Waals surface area contributed by atoms with Crippen LogP contribution in [0.3, 0.4) is 0 Å². The van der Waals surface area contributed by atoms with E-state index in [0.29, 0.717) is 28.7 Å². The van der Waals surface area contributed by atoms with Gasteiger partial charge in [0.05, 0.1) is 10.6 Å². The number of hydrogen-bond donors (Lipinski definition) is 0. The fourth-order valence-electron chi connectivity index (χ4n) is 2.56. The molecular formula is C19H17N3O2S2. The SMILES string of the molecule is CC(Cc1nnc(SCc2coc(-c3cccs3)n2)o1)c1ccccc1. The largest absolute Gasteiger partial charge is 0.444 e. The quantitative estimate of drug-likeness (QED) is 0.397. The van der Waals surface area contributed by atoms with E-state index in [9.17, 15) is 0 Å². The van der Waals surface area contributed by atoms with Crippen LogP contribution in [0.25, 0.3) is 10.8 Å². The molecule has 3 heterocycles. The summed E-state index contributed by atoms with van der Waals surface area (Å²) in [5, 5.41) is 10.8. The van der Waals surface area contributed by atoms with E-state index in [1.165, 1.54) is 17.3 Å². The van der Waals surface area contributed by atoms with E-state index in [1.807, 2.05) is 35.7 Å². The van der Waals surface area contributed by atoms with Crippen LogP contribution in [0, 0.1) is 0 Å². The van der Waals surface area contributed by atoms with E-state index in [-0.39, 0.29) is 0 Å². The van der Waals surface area contributed by atoms with Gasteiger partial charge in [-0.25, -0.2) is 4.98 Å². The Morgan fingerprint density at radius 1 is 1.12 bits per heavy atom. The van der Waals surface area contributed by atoms with Crippen LogP contribution in [-0.2, 0) is 12.2 Å². The lowest BCUT2D eigenvalue weighted by Crippen LogP contribution is -1.98. The number of oxazole rings is 1. The summed E-state index contributed by atoms with van der Waals surface area (Å²) in [6.07, 6.45) is 2.40. The number of thioether (sulfide) groups is 1. The predicted molar refractivity (Wildman–Crippen MR) is 102 cm³/mol. The van der Waals surface area contributed by atoms with E-state index in [2.05, 4.69) is 34.2 Å². The van der Waals surface area contributed by atoms with Crippen molar-refractivity contribution in [2.45, 2.75) is 30.2 Å². The molecule has 0 aliphatic rings. The Morgan fingerprint density at radius 2 is 2.00 bits per heavy atom. The number of benzene rings is 1. The molecule has 4 rings (SSSR count). The van der Waals surface area contributed by atoms with Crippen LogP contribution in [-0.4, -0.2) is 15.2 Å². The van der Waals surface area contributed by atoms with Crippen molar-refractivity contribution in [3.63, 3.8) is 0 Å². The van der Waals surface area contributed by atoms with Crippen molar-refractivity contribution in [3.8, 4) is 10.8 Å². The normalized spacial score (nSPS) is 12.3.